The van der Waals surface area contributed by atoms with Crippen LogP contribution in [-0.2, 0) is 11.2 Å². The summed E-state index contributed by atoms with van der Waals surface area (Å²) in [5.41, 5.74) is 1.10. The van der Waals surface area contributed by atoms with E-state index in [2.05, 4.69) is 15.3 Å². The lowest BCUT2D eigenvalue weighted by atomic mass is 10.1. The predicted molar refractivity (Wildman–Crippen MR) is 80.9 cm³/mol. The van der Waals surface area contributed by atoms with Gasteiger partial charge >= 0.3 is 0 Å². The molecule has 0 radical (unpaired) electrons. The van der Waals surface area contributed by atoms with Crippen molar-refractivity contribution in [1.82, 2.24) is 15.3 Å². The topological polar surface area (TPSA) is 121 Å². The lowest BCUT2D eigenvalue weighted by Crippen LogP contribution is -2.20. The van der Waals surface area contributed by atoms with Crippen LogP contribution in [0.4, 0.5) is 5.69 Å². The number of hydrogen-bond donors (Lipinski definition) is 3. The van der Waals surface area contributed by atoms with E-state index in [0.29, 0.717) is 27.4 Å². The zero-order valence-electron chi connectivity index (χ0n) is 11.6. The summed E-state index contributed by atoms with van der Waals surface area (Å²) in [6.45, 7) is 0. The van der Waals surface area contributed by atoms with Gasteiger partial charge in [0.25, 0.3) is 11.2 Å². The summed E-state index contributed by atoms with van der Waals surface area (Å²) in [5.74, 6) is -0.215. The summed E-state index contributed by atoms with van der Waals surface area (Å²) in [6, 6.07) is 4.32. The Hall–Kier alpha value is -3.16. The number of amides is 1. The molecule has 0 fully saturated rings. The zero-order chi connectivity index (χ0) is 15.9. The minimum atomic E-state index is -0.496. The summed E-state index contributed by atoms with van der Waals surface area (Å²) in [4.78, 5) is 39.5. The Morgan fingerprint density at radius 3 is 2.86 bits per heavy atom. The van der Waals surface area contributed by atoms with Gasteiger partial charge in [0.05, 0.1) is 11.3 Å². The second-order valence-corrected chi connectivity index (χ2v) is 4.85. The van der Waals surface area contributed by atoms with Gasteiger partial charge in [-0.1, -0.05) is 0 Å². The Balaban J connectivity index is 2.37. The van der Waals surface area contributed by atoms with E-state index in [1.807, 2.05) is 0 Å². The van der Waals surface area contributed by atoms with E-state index in [4.69, 9.17) is 0 Å². The van der Waals surface area contributed by atoms with Crippen LogP contribution in [0.5, 0.6) is 0 Å². The van der Waals surface area contributed by atoms with Crippen molar-refractivity contribution in [2.24, 2.45) is 0 Å². The van der Waals surface area contributed by atoms with Gasteiger partial charge in [0.15, 0.2) is 0 Å². The van der Waals surface area contributed by atoms with Crippen LogP contribution < -0.4 is 10.9 Å². The van der Waals surface area contributed by atoms with Gasteiger partial charge in [0.1, 0.15) is 5.52 Å². The summed E-state index contributed by atoms with van der Waals surface area (Å²) in [5, 5.41) is 14.5. The number of H-pyrrole nitrogens is 2. The molecule has 8 nitrogen and oxygen atoms in total. The maximum atomic E-state index is 12.0. The molecule has 2 aromatic heterocycles. The lowest BCUT2D eigenvalue weighted by Gasteiger charge is -2.02. The van der Waals surface area contributed by atoms with Crippen molar-refractivity contribution in [3.63, 3.8) is 0 Å². The number of fused-ring (bicyclic) bond motifs is 3. The molecular weight excluding hydrogens is 288 g/mol. The highest BCUT2D eigenvalue weighted by molar-refractivity contribution is 6.10. The summed E-state index contributed by atoms with van der Waals surface area (Å²) in [6.07, 6.45) is 1.53. The highest BCUT2D eigenvalue weighted by Gasteiger charge is 2.16. The normalized spacial score (nSPS) is 11.0. The van der Waals surface area contributed by atoms with E-state index in [9.17, 15) is 19.7 Å². The monoisotopic (exact) mass is 300 g/mol. The number of rotatable bonds is 3. The fourth-order valence-corrected chi connectivity index (χ4v) is 2.50. The Morgan fingerprint density at radius 2 is 2.18 bits per heavy atom. The number of nitrogens with zero attached hydrogens (tertiary/aromatic N) is 1. The highest BCUT2D eigenvalue weighted by Crippen LogP contribution is 2.29. The van der Waals surface area contributed by atoms with Crippen LogP contribution in [0.1, 0.15) is 5.56 Å². The number of nitrogens with one attached hydrogen (secondary N) is 3. The molecule has 22 heavy (non-hydrogen) atoms. The molecule has 3 aromatic rings. The number of nitro benzene ring substituents is 1. The molecule has 1 amide bonds. The zero-order valence-corrected chi connectivity index (χ0v) is 11.6. The number of nitro groups is 1. The maximum Gasteiger partial charge on any atom is 0.272 e. The number of aromatic amines is 2. The molecule has 0 aliphatic rings. The Morgan fingerprint density at radius 1 is 1.41 bits per heavy atom. The van der Waals surface area contributed by atoms with E-state index < -0.39 is 4.92 Å². The van der Waals surface area contributed by atoms with Crippen molar-refractivity contribution in [2.45, 2.75) is 6.42 Å². The Labute approximate surface area is 123 Å². The van der Waals surface area contributed by atoms with Gasteiger partial charge in [-0.05, 0) is 11.6 Å². The van der Waals surface area contributed by atoms with E-state index in [0.717, 1.165) is 0 Å². The SMILES string of the molecule is CNC(=O)Cc1c[nH]c(=O)c2[nH]c3ccc([N+](=O)[O-])cc3c12. The van der Waals surface area contributed by atoms with Crippen molar-refractivity contribution in [3.05, 3.63) is 50.4 Å². The first-order chi connectivity index (χ1) is 10.5. The number of non-ortho nitro benzene ring substituents is 1. The molecular formula is C14H12N4O4. The van der Waals surface area contributed by atoms with Crippen molar-refractivity contribution in [3.8, 4) is 0 Å². The fraction of sp³-hybridized carbons (Fsp3) is 0.143. The van der Waals surface area contributed by atoms with Crippen LogP contribution in [0.25, 0.3) is 21.8 Å². The minimum Gasteiger partial charge on any atom is -0.359 e. The van der Waals surface area contributed by atoms with E-state index in [1.165, 1.54) is 25.4 Å². The van der Waals surface area contributed by atoms with Crippen LogP contribution in [0.15, 0.2) is 29.2 Å². The highest BCUT2D eigenvalue weighted by atomic mass is 16.6. The van der Waals surface area contributed by atoms with Crippen molar-refractivity contribution < 1.29 is 9.72 Å². The predicted octanol–water partition coefficient (Wildman–Crippen LogP) is 1.21. The second-order valence-electron chi connectivity index (χ2n) is 4.85. The molecule has 0 aliphatic heterocycles. The summed E-state index contributed by atoms with van der Waals surface area (Å²) >= 11 is 0. The van der Waals surface area contributed by atoms with Crippen molar-refractivity contribution in [2.75, 3.05) is 7.05 Å². The first-order valence-electron chi connectivity index (χ1n) is 6.52. The molecule has 0 unspecified atom stereocenters. The van der Waals surface area contributed by atoms with Gasteiger partial charge < -0.3 is 15.3 Å². The molecule has 8 heteroatoms. The minimum absolute atomic E-state index is 0.0689. The third kappa shape index (κ3) is 2.10. The van der Waals surface area contributed by atoms with E-state index in [1.54, 1.807) is 6.07 Å². The number of carbonyl (C=O) groups is 1. The van der Waals surface area contributed by atoms with Gasteiger partial charge in [-0.3, -0.25) is 19.7 Å². The molecule has 0 bridgehead atoms. The second kappa shape index (κ2) is 4.99. The molecule has 3 rings (SSSR count). The smallest absolute Gasteiger partial charge is 0.272 e. The van der Waals surface area contributed by atoms with Gasteiger partial charge in [-0.2, -0.15) is 0 Å². The van der Waals surface area contributed by atoms with Crippen LogP contribution in [0, 0.1) is 10.1 Å². The lowest BCUT2D eigenvalue weighted by molar-refractivity contribution is -0.384. The number of pyridine rings is 1. The number of carbonyl (C=O) groups excluding carboxylic acids is 1. The molecule has 0 saturated carbocycles. The molecule has 3 N–H and O–H groups in total. The van der Waals surface area contributed by atoms with Crippen molar-refractivity contribution in [1.29, 1.82) is 0 Å². The van der Waals surface area contributed by atoms with E-state index in [-0.39, 0.29) is 23.6 Å². The molecule has 0 aliphatic carbocycles. The average molecular weight is 300 g/mol. The quantitative estimate of drug-likeness (QED) is 0.497. The number of hydrogen-bond acceptors (Lipinski definition) is 4. The number of likely N-dealkylation sites (N-methyl/N-ethyl adjacent to an activating group) is 1. The van der Waals surface area contributed by atoms with E-state index >= 15 is 0 Å². The summed E-state index contributed by atoms with van der Waals surface area (Å²) in [7, 11) is 1.52. The van der Waals surface area contributed by atoms with Crippen LogP contribution >= 0.6 is 0 Å². The van der Waals surface area contributed by atoms with Gasteiger partial charge in [-0.15, -0.1) is 0 Å². The molecule has 1 aromatic carbocycles. The van der Waals surface area contributed by atoms with Gasteiger partial charge in [0.2, 0.25) is 5.91 Å². The molecule has 0 spiro atoms. The number of aromatic nitrogens is 2. The van der Waals surface area contributed by atoms with Gasteiger partial charge in [0, 0.05) is 41.7 Å². The molecule has 112 valence electrons. The first kappa shape index (κ1) is 13.8. The molecule has 0 saturated heterocycles. The molecule has 2 heterocycles. The molecule has 0 atom stereocenters. The largest absolute Gasteiger partial charge is 0.359 e. The maximum absolute atomic E-state index is 12.0. The standard InChI is InChI=1S/C14H12N4O4/c1-15-11(19)4-7-6-16-14(20)13-12(7)9-5-8(18(21)22)2-3-10(9)17-13/h2-3,5-6,17H,4H2,1H3,(H,15,19)(H,16,20). The van der Waals surface area contributed by atoms with Crippen molar-refractivity contribution >= 4 is 33.4 Å². The Bertz CT molecular complexity index is 970. The van der Waals surface area contributed by atoms with Crippen LogP contribution in [-0.4, -0.2) is 27.8 Å². The third-order valence-electron chi connectivity index (χ3n) is 3.55. The summed E-state index contributed by atoms with van der Waals surface area (Å²) < 4.78 is 0. The average Bonchev–Trinajstić information content (AvgIpc) is 2.89. The van der Waals surface area contributed by atoms with Crippen LogP contribution in [0.3, 0.4) is 0 Å². The fourth-order valence-electron chi connectivity index (χ4n) is 2.50. The third-order valence-corrected chi connectivity index (χ3v) is 3.55. The number of benzene rings is 1. The first-order valence-corrected chi connectivity index (χ1v) is 6.52. The van der Waals surface area contributed by atoms with Crippen LogP contribution in [0.2, 0.25) is 0 Å². The van der Waals surface area contributed by atoms with Gasteiger partial charge in [-0.25, -0.2) is 0 Å². The Kier molecular flexibility index (Phi) is 3.13.